The molecule has 41 heavy (non-hydrogen) atoms. The second-order valence-electron chi connectivity index (χ2n) is 11.8. The number of rotatable bonds is 8. The van der Waals surface area contributed by atoms with E-state index in [4.69, 9.17) is 5.11 Å². The van der Waals surface area contributed by atoms with Crippen molar-refractivity contribution in [1.82, 2.24) is 9.29 Å². The molecule has 1 aromatic heterocycles. The van der Waals surface area contributed by atoms with Crippen molar-refractivity contribution < 1.29 is 22.7 Å². The van der Waals surface area contributed by atoms with Crippen LogP contribution in [0.25, 0.3) is 10.9 Å². The van der Waals surface area contributed by atoms with Crippen LogP contribution in [0.3, 0.4) is 0 Å². The zero-order valence-corrected chi connectivity index (χ0v) is 24.2. The first-order valence-corrected chi connectivity index (χ1v) is 16.0. The van der Waals surface area contributed by atoms with Gasteiger partial charge >= 0.3 is 0 Å². The lowest BCUT2D eigenvalue weighted by Crippen LogP contribution is -2.36. The standard InChI is InChI=1S/C30H38FN5O4S/c1-34-12-4-21-18-23(19-27(28(21)34)35-13-5-22(31)6-14-35)33-29(38)25-3-2-24(41(39,40)32-11-17-37)20-26(25)36-15-9-30(7-8-30)10-16-36/h2-4,12,18-20,22,32,37H,5-11,13-17H2,1H3,(H,33,38). The Hall–Kier alpha value is -3.15. The van der Waals surface area contributed by atoms with Crippen LogP contribution in [0.15, 0.2) is 47.5 Å². The number of amides is 1. The fourth-order valence-electron chi connectivity index (χ4n) is 6.31. The maximum Gasteiger partial charge on any atom is 0.257 e. The molecular formula is C30H38FN5O4S. The molecule has 0 bridgehead atoms. The van der Waals surface area contributed by atoms with E-state index in [1.807, 2.05) is 36.0 Å². The number of alkyl halides is 1. The number of benzene rings is 2. The zero-order valence-electron chi connectivity index (χ0n) is 23.4. The van der Waals surface area contributed by atoms with E-state index in [1.165, 1.54) is 18.9 Å². The van der Waals surface area contributed by atoms with Gasteiger partial charge < -0.3 is 24.8 Å². The minimum Gasteiger partial charge on any atom is -0.395 e. The molecule has 1 saturated carbocycles. The highest BCUT2D eigenvalue weighted by atomic mass is 32.2. The van der Waals surface area contributed by atoms with Crippen molar-refractivity contribution in [2.75, 3.05) is 54.4 Å². The number of nitrogens with zero attached hydrogens (tertiary/aromatic N) is 3. The van der Waals surface area contributed by atoms with Gasteiger partial charge in [0.25, 0.3) is 5.91 Å². The van der Waals surface area contributed by atoms with Gasteiger partial charge in [0.1, 0.15) is 6.17 Å². The summed E-state index contributed by atoms with van der Waals surface area (Å²) in [5.74, 6) is -0.317. The third-order valence-corrected chi connectivity index (χ3v) is 10.5. The van der Waals surface area contributed by atoms with E-state index in [0.717, 1.165) is 42.5 Å². The number of aromatic nitrogens is 1. The van der Waals surface area contributed by atoms with E-state index >= 15 is 0 Å². The lowest BCUT2D eigenvalue weighted by Gasteiger charge is -2.35. The fourth-order valence-corrected chi connectivity index (χ4v) is 7.35. The number of aliphatic hydroxyl groups is 1. The van der Waals surface area contributed by atoms with Gasteiger partial charge in [-0.1, -0.05) is 0 Å². The third-order valence-electron chi connectivity index (χ3n) is 9.02. The van der Waals surface area contributed by atoms with Crippen LogP contribution in [0.2, 0.25) is 0 Å². The van der Waals surface area contributed by atoms with E-state index < -0.39 is 16.2 Å². The number of anilines is 3. The van der Waals surface area contributed by atoms with E-state index in [0.29, 0.717) is 48.3 Å². The average Bonchev–Trinajstić information content (AvgIpc) is 3.62. The van der Waals surface area contributed by atoms with Crippen LogP contribution in [0, 0.1) is 5.41 Å². The van der Waals surface area contributed by atoms with E-state index in [-0.39, 0.29) is 24.0 Å². The van der Waals surface area contributed by atoms with Crippen molar-refractivity contribution in [1.29, 1.82) is 0 Å². The van der Waals surface area contributed by atoms with Crippen LogP contribution >= 0.6 is 0 Å². The first-order chi connectivity index (χ1) is 19.7. The van der Waals surface area contributed by atoms with Crippen LogP contribution in [0.5, 0.6) is 0 Å². The highest BCUT2D eigenvalue weighted by Crippen LogP contribution is 2.54. The van der Waals surface area contributed by atoms with Crippen molar-refractivity contribution >= 4 is 43.9 Å². The Labute approximate surface area is 240 Å². The fraction of sp³-hybridized carbons (Fsp3) is 0.500. The number of halogens is 1. The van der Waals surface area contributed by atoms with Gasteiger partial charge in [0.05, 0.1) is 34.0 Å². The van der Waals surface area contributed by atoms with Gasteiger partial charge in [-0.3, -0.25) is 4.79 Å². The summed E-state index contributed by atoms with van der Waals surface area (Å²) in [7, 11) is -1.86. The number of carbonyl (C=O) groups excluding carboxylic acids is 1. The van der Waals surface area contributed by atoms with Gasteiger partial charge in [-0.25, -0.2) is 17.5 Å². The molecule has 0 atom stereocenters. The predicted octanol–water partition coefficient (Wildman–Crippen LogP) is 4.02. The highest BCUT2D eigenvalue weighted by Gasteiger charge is 2.44. The largest absolute Gasteiger partial charge is 0.395 e. The Balaban J connectivity index is 1.32. The van der Waals surface area contributed by atoms with E-state index in [2.05, 4.69) is 19.8 Å². The summed E-state index contributed by atoms with van der Waals surface area (Å²) < 4.78 is 44.1. The molecule has 2 saturated heterocycles. The molecule has 1 aliphatic carbocycles. The number of aryl methyl sites for hydroxylation is 1. The van der Waals surface area contributed by atoms with Gasteiger partial charge in [-0.2, -0.15) is 0 Å². The summed E-state index contributed by atoms with van der Waals surface area (Å²) in [6.07, 6.45) is 6.67. The molecule has 11 heteroatoms. The van der Waals surface area contributed by atoms with Crippen molar-refractivity contribution in [2.45, 2.75) is 49.6 Å². The molecule has 6 rings (SSSR count). The Bertz CT molecular complexity index is 1550. The molecule has 3 aliphatic rings. The Morgan fingerprint density at radius 2 is 1.71 bits per heavy atom. The summed E-state index contributed by atoms with van der Waals surface area (Å²) >= 11 is 0. The molecule has 1 amide bonds. The first-order valence-electron chi connectivity index (χ1n) is 14.5. The van der Waals surface area contributed by atoms with Gasteiger partial charge in [-0.15, -0.1) is 0 Å². The van der Waals surface area contributed by atoms with E-state index in [1.54, 1.807) is 12.1 Å². The molecule has 2 aliphatic heterocycles. The molecule has 0 radical (unpaired) electrons. The van der Waals surface area contributed by atoms with Crippen LogP contribution in [0.4, 0.5) is 21.5 Å². The molecule has 3 N–H and O–H groups in total. The van der Waals surface area contributed by atoms with E-state index in [9.17, 15) is 17.6 Å². The maximum absolute atomic E-state index is 13.9. The SMILES string of the molecule is Cn1ccc2cc(NC(=O)c3ccc(S(=O)(=O)NCCO)cc3N3CCC4(CC3)CC4)cc(N3CCC(F)CC3)c21. The number of hydrogen-bond acceptors (Lipinski definition) is 6. The number of piperidine rings is 2. The number of carbonyl (C=O) groups is 1. The minimum absolute atomic E-state index is 0.0634. The van der Waals surface area contributed by atoms with Crippen LogP contribution in [-0.4, -0.2) is 69.5 Å². The molecule has 3 aromatic rings. The lowest BCUT2D eigenvalue weighted by molar-refractivity contribution is 0.102. The summed E-state index contributed by atoms with van der Waals surface area (Å²) in [6.45, 7) is 2.36. The molecule has 9 nitrogen and oxygen atoms in total. The molecule has 3 heterocycles. The van der Waals surface area contributed by atoms with Crippen molar-refractivity contribution in [2.24, 2.45) is 12.5 Å². The van der Waals surface area contributed by atoms with Gasteiger partial charge in [-0.05, 0) is 80.3 Å². The van der Waals surface area contributed by atoms with Crippen LogP contribution in [0.1, 0.15) is 48.9 Å². The highest BCUT2D eigenvalue weighted by molar-refractivity contribution is 7.89. The summed E-state index contributed by atoms with van der Waals surface area (Å²) in [5, 5.41) is 13.2. The van der Waals surface area contributed by atoms with Crippen LogP contribution in [-0.2, 0) is 17.1 Å². The molecule has 220 valence electrons. The summed E-state index contributed by atoms with van der Waals surface area (Å²) in [4.78, 5) is 18.2. The van der Waals surface area contributed by atoms with Crippen molar-refractivity contribution in [3.63, 3.8) is 0 Å². The zero-order chi connectivity index (χ0) is 28.8. The summed E-state index contributed by atoms with van der Waals surface area (Å²) in [6, 6.07) is 10.5. The summed E-state index contributed by atoms with van der Waals surface area (Å²) in [5.41, 5.74) is 4.05. The number of hydrogen-bond donors (Lipinski definition) is 3. The Morgan fingerprint density at radius 3 is 2.39 bits per heavy atom. The lowest BCUT2D eigenvalue weighted by atomic mass is 9.93. The minimum atomic E-state index is -3.84. The normalized spacial score (nSPS) is 19.2. The number of fused-ring (bicyclic) bond motifs is 1. The number of sulfonamides is 1. The van der Waals surface area contributed by atoms with Crippen molar-refractivity contribution in [3.8, 4) is 0 Å². The second kappa shape index (κ2) is 10.9. The Kier molecular flexibility index (Phi) is 7.46. The third kappa shape index (κ3) is 5.67. The molecule has 3 fully saturated rings. The van der Waals surface area contributed by atoms with Crippen molar-refractivity contribution in [3.05, 3.63) is 48.2 Å². The smallest absolute Gasteiger partial charge is 0.257 e. The Morgan fingerprint density at radius 1 is 1.00 bits per heavy atom. The topological polar surface area (TPSA) is 107 Å². The van der Waals surface area contributed by atoms with Gasteiger partial charge in [0, 0.05) is 57.0 Å². The van der Waals surface area contributed by atoms with Gasteiger partial charge in [0.15, 0.2) is 0 Å². The maximum atomic E-state index is 13.9. The molecule has 1 spiro atoms. The number of nitrogens with one attached hydrogen (secondary N) is 2. The molecule has 0 unspecified atom stereocenters. The average molecular weight is 584 g/mol. The first kappa shape index (κ1) is 28.0. The molecular weight excluding hydrogens is 545 g/mol. The molecule has 2 aromatic carbocycles. The number of aliphatic hydroxyl groups excluding tert-OH is 1. The predicted molar refractivity (Wildman–Crippen MR) is 159 cm³/mol. The van der Waals surface area contributed by atoms with Crippen LogP contribution < -0.4 is 19.8 Å². The quantitative estimate of drug-likeness (QED) is 0.370. The second-order valence-corrected chi connectivity index (χ2v) is 13.5. The monoisotopic (exact) mass is 583 g/mol. The van der Waals surface area contributed by atoms with Gasteiger partial charge in [0.2, 0.25) is 10.0 Å².